The number of aromatic nitrogens is 3. The third-order valence-electron chi connectivity index (χ3n) is 3.70. The molecule has 0 aliphatic heterocycles. The van der Waals surface area contributed by atoms with E-state index in [2.05, 4.69) is 15.0 Å². The smallest absolute Gasteiger partial charge is 0.409 e. The molecule has 0 bridgehead atoms. The van der Waals surface area contributed by atoms with Crippen molar-refractivity contribution in [1.82, 2.24) is 15.0 Å². The number of nitrogens with one attached hydrogen (secondary N) is 1. The number of amides is 1. The molecule has 6 nitrogen and oxygen atoms in total. The molecule has 2 aromatic heterocycles. The fraction of sp³-hybridized carbons (Fsp3) is 0.222. The van der Waals surface area contributed by atoms with Gasteiger partial charge in [-0.05, 0) is 29.8 Å². The van der Waals surface area contributed by atoms with Gasteiger partial charge < -0.3 is 5.11 Å². The number of halogens is 3. The molecule has 3 aromatic rings. The summed E-state index contributed by atoms with van der Waals surface area (Å²) in [5, 5.41) is 11.4. The lowest BCUT2D eigenvalue weighted by Gasteiger charge is -2.13. The molecule has 2 N–H and O–H groups in total. The molecule has 0 saturated carbocycles. The molecule has 0 aliphatic rings. The number of rotatable bonds is 3. The van der Waals surface area contributed by atoms with Crippen LogP contribution in [0.4, 0.5) is 19.3 Å². The Hall–Kier alpha value is -2.65. The van der Waals surface area contributed by atoms with Gasteiger partial charge in [0, 0.05) is 11.6 Å². The minimum absolute atomic E-state index is 0.0172. The van der Waals surface area contributed by atoms with Crippen LogP contribution in [0.15, 0.2) is 24.4 Å². The Morgan fingerprint density at radius 1 is 1.21 bits per heavy atom. The van der Waals surface area contributed by atoms with Crippen molar-refractivity contribution in [2.75, 3.05) is 5.32 Å². The predicted octanol–water partition coefficient (Wildman–Crippen LogP) is 5.59. The summed E-state index contributed by atoms with van der Waals surface area (Å²) < 4.78 is 29.6. The van der Waals surface area contributed by atoms with Crippen molar-refractivity contribution >= 4 is 34.7 Å². The molecule has 10 heteroatoms. The second-order valence-electron chi connectivity index (χ2n) is 6.87. The number of hydrogen-bond donors (Lipinski definition) is 2. The van der Waals surface area contributed by atoms with Gasteiger partial charge in [0.05, 0.1) is 32.5 Å². The number of thiazole rings is 1. The number of carboxylic acid groups (broad SMARTS) is 1. The van der Waals surface area contributed by atoms with Gasteiger partial charge in [0.2, 0.25) is 5.28 Å². The van der Waals surface area contributed by atoms with Crippen molar-refractivity contribution in [2.24, 2.45) is 0 Å². The monoisotopic (exact) mass is 424 g/mol. The van der Waals surface area contributed by atoms with Gasteiger partial charge >= 0.3 is 6.09 Å². The van der Waals surface area contributed by atoms with E-state index in [9.17, 15) is 9.18 Å². The largest absolute Gasteiger partial charge is 0.465 e. The molecule has 0 spiro atoms. The van der Waals surface area contributed by atoms with Gasteiger partial charge in [-0.1, -0.05) is 20.8 Å². The third kappa shape index (κ3) is 3.95. The normalized spacial score (nSPS) is 11.5. The molecular formula is C18H15ClF2N4O2S. The van der Waals surface area contributed by atoms with Gasteiger partial charge in [-0.2, -0.15) is 0 Å². The zero-order chi connectivity index (χ0) is 20.6. The first-order valence-electron chi connectivity index (χ1n) is 8.06. The molecule has 1 aromatic carbocycles. The second kappa shape index (κ2) is 7.40. The molecule has 28 heavy (non-hydrogen) atoms. The summed E-state index contributed by atoms with van der Waals surface area (Å²) in [5.74, 6) is -1.94. The van der Waals surface area contributed by atoms with Gasteiger partial charge in [0.1, 0.15) is 5.82 Å². The van der Waals surface area contributed by atoms with Crippen LogP contribution < -0.4 is 5.32 Å². The number of carbonyl (C=O) groups is 1. The van der Waals surface area contributed by atoms with Gasteiger partial charge in [-0.3, -0.25) is 5.32 Å². The van der Waals surface area contributed by atoms with E-state index in [1.54, 1.807) is 6.07 Å². The highest BCUT2D eigenvalue weighted by Crippen LogP contribution is 2.42. The molecule has 0 aliphatic carbocycles. The predicted molar refractivity (Wildman–Crippen MR) is 104 cm³/mol. The standard InChI is InChI=1S/C18H15ClF2N4O2S/c1-18(2,3)15-25-13(14(28-15)10-6-7-22-16(19)23-10)11-8(20)4-5-9(12(11)21)24-17(26)27/h4-7,24H,1-3H3,(H,26,27). The van der Waals surface area contributed by atoms with E-state index >= 15 is 4.39 Å². The van der Waals surface area contributed by atoms with E-state index in [1.807, 2.05) is 26.1 Å². The lowest BCUT2D eigenvalue weighted by atomic mass is 9.98. The molecule has 0 fully saturated rings. The van der Waals surface area contributed by atoms with Gasteiger partial charge in [-0.15, -0.1) is 11.3 Å². The number of hydrogen-bond acceptors (Lipinski definition) is 5. The lowest BCUT2D eigenvalue weighted by Crippen LogP contribution is -2.11. The summed E-state index contributed by atoms with van der Waals surface area (Å²) in [7, 11) is 0. The van der Waals surface area contributed by atoms with Gasteiger partial charge in [-0.25, -0.2) is 28.5 Å². The first-order valence-corrected chi connectivity index (χ1v) is 9.26. The molecule has 0 radical (unpaired) electrons. The minimum atomic E-state index is -1.46. The van der Waals surface area contributed by atoms with E-state index in [1.165, 1.54) is 17.5 Å². The average Bonchev–Trinajstić information content (AvgIpc) is 3.03. The molecule has 0 saturated heterocycles. The van der Waals surface area contributed by atoms with Crippen LogP contribution in [0.2, 0.25) is 5.28 Å². The van der Waals surface area contributed by atoms with Crippen LogP contribution in [0.1, 0.15) is 25.8 Å². The Labute approximate surface area is 168 Å². The number of benzene rings is 1. The molecule has 2 heterocycles. The van der Waals surface area contributed by atoms with Crippen molar-refractivity contribution < 1.29 is 18.7 Å². The van der Waals surface area contributed by atoms with E-state index < -0.39 is 28.7 Å². The highest BCUT2D eigenvalue weighted by Gasteiger charge is 2.28. The Kier molecular flexibility index (Phi) is 5.31. The average molecular weight is 425 g/mol. The Morgan fingerprint density at radius 3 is 2.54 bits per heavy atom. The van der Waals surface area contributed by atoms with E-state index in [0.717, 1.165) is 12.1 Å². The fourth-order valence-corrected chi connectivity index (χ4v) is 3.67. The summed E-state index contributed by atoms with van der Waals surface area (Å²) in [6, 6.07) is 3.56. The number of anilines is 1. The highest BCUT2D eigenvalue weighted by molar-refractivity contribution is 7.15. The zero-order valence-corrected chi connectivity index (χ0v) is 16.6. The van der Waals surface area contributed by atoms with Crippen LogP contribution in [0.5, 0.6) is 0 Å². The maximum atomic E-state index is 15.0. The molecule has 3 rings (SSSR count). The number of nitrogens with zero attached hydrogens (tertiary/aromatic N) is 3. The molecule has 0 atom stereocenters. The van der Waals surface area contributed by atoms with Crippen LogP contribution in [0, 0.1) is 11.6 Å². The summed E-state index contributed by atoms with van der Waals surface area (Å²) in [6.07, 6.45) is -0.0343. The van der Waals surface area contributed by atoms with Crippen molar-refractivity contribution in [3.05, 3.63) is 46.3 Å². The van der Waals surface area contributed by atoms with Crippen molar-refractivity contribution in [2.45, 2.75) is 26.2 Å². The second-order valence-corrected chi connectivity index (χ2v) is 8.21. The van der Waals surface area contributed by atoms with Crippen LogP contribution >= 0.6 is 22.9 Å². The SMILES string of the molecule is CC(C)(C)c1nc(-c2c(F)ccc(NC(=O)O)c2F)c(-c2ccnc(Cl)n2)s1. The summed E-state index contributed by atoms with van der Waals surface area (Å²) in [4.78, 5) is 23.7. The van der Waals surface area contributed by atoms with Crippen molar-refractivity contribution in [1.29, 1.82) is 0 Å². The summed E-state index contributed by atoms with van der Waals surface area (Å²) in [5.41, 5.74) is -0.825. The maximum Gasteiger partial charge on any atom is 0.409 e. The molecule has 1 amide bonds. The van der Waals surface area contributed by atoms with Crippen LogP contribution in [-0.4, -0.2) is 26.2 Å². The topological polar surface area (TPSA) is 88.0 Å². The Morgan fingerprint density at radius 2 is 1.93 bits per heavy atom. The fourth-order valence-electron chi connectivity index (χ4n) is 2.43. The highest BCUT2D eigenvalue weighted by atomic mass is 35.5. The summed E-state index contributed by atoms with van der Waals surface area (Å²) in [6.45, 7) is 5.75. The first kappa shape index (κ1) is 20.1. The van der Waals surface area contributed by atoms with E-state index in [-0.39, 0.29) is 16.7 Å². The molecule has 146 valence electrons. The van der Waals surface area contributed by atoms with Crippen LogP contribution in [0.3, 0.4) is 0 Å². The Bertz CT molecular complexity index is 1070. The molecular weight excluding hydrogens is 410 g/mol. The van der Waals surface area contributed by atoms with E-state index in [4.69, 9.17) is 16.7 Å². The zero-order valence-electron chi connectivity index (χ0n) is 15.0. The van der Waals surface area contributed by atoms with Gasteiger partial charge in [0.25, 0.3) is 0 Å². The Balaban J connectivity index is 2.30. The third-order valence-corrected chi connectivity index (χ3v) is 5.38. The van der Waals surface area contributed by atoms with Crippen molar-refractivity contribution in [3.63, 3.8) is 0 Å². The minimum Gasteiger partial charge on any atom is -0.465 e. The summed E-state index contributed by atoms with van der Waals surface area (Å²) >= 11 is 7.10. The lowest BCUT2D eigenvalue weighted by molar-refractivity contribution is 0.209. The molecule has 0 unspecified atom stereocenters. The first-order chi connectivity index (χ1) is 13.1. The van der Waals surface area contributed by atoms with Gasteiger partial charge in [0.15, 0.2) is 5.82 Å². The van der Waals surface area contributed by atoms with Crippen LogP contribution in [-0.2, 0) is 5.41 Å². The maximum absolute atomic E-state index is 15.0. The quantitative estimate of drug-likeness (QED) is 0.535. The van der Waals surface area contributed by atoms with E-state index in [0.29, 0.717) is 15.6 Å². The van der Waals surface area contributed by atoms with Crippen LogP contribution in [0.25, 0.3) is 21.8 Å². The van der Waals surface area contributed by atoms with Crippen molar-refractivity contribution in [3.8, 4) is 21.8 Å².